The fourth-order valence-electron chi connectivity index (χ4n) is 2.36. The van der Waals surface area contributed by atoms with Crippen molar-refractivity contribution in [3.05, 3.63) is 64.0 Å². The van der Waals surface area contributed by atoms with Crippen molar-refractivity contribution in [1.29, 1.82) is 0 Å². The maximum Gasteiger partial charge on any atom is 0.339 e. The minimum atomic E-state index is -1.21. The molecule has 0 radical (unpaired) electrons. The van der Waals surface area contributed by atoms with Gasteiger partial charge >= 0.3 is 5.97 Å². The molecule has 0 bridgehead atoms. The third kappa shape index (κ3) is 3.38. The van der Waals surface area contributed by atoms with Crippen LogP contribution in [0.3, 0.4) is 0 Å². The largest absolute Gasteiger partial charge is 0.456 e. The Balaban J connectivity index is 1.81. The van der Waals surface area contributed by atoms with Crippen LogP contribution in [0.4, 0.5) is 0 Å². The zero-order chi connectivity index (χ0) is 17.1. The standard InChI is InChI=1S/C18H15ClO3S2/c1-2-24(21)16-10-6-4-8-13(16)18(20)22-11-15-17(19)12-7-3-5-9-14(12)23-15/h3-10H,2,11H2,1H3. The van der Waals surface area contributed by atoms with Gasteiger partial charge in [0.25, 0.3) is 0 Å². The van der Waals surface area contributed by atoms with Crippen LogP contribution in [0.25, 0.3) is 10.1 Å². The highest BCUT2D eigenvalue weighted by molar-refractivity contribution is 7.85. The van der Waals surface area contributed by atoms with Crippen molar-refractivity contribution in [1.82, 2.24) is 0 Å². The second-order valence-corrected chi connectivity index (χ2v) is 8.26. The maximum absolute atomic E-state index is 12.4. The third-order valence-electron chi connectivity index (χ3n) is 3.55. The quantitative estimate of drug-likeness (QED) is 0.584. The predicted molar refractivity (Wildman–Crippen MR) is 99.3 cm³/mol. The molecule has 124 valence electrons. The fraction of sp³-hybridized carbons (Fsp3) is 0.167. The molecule has 24 heavy (non-hydrogen) atoms. The van der Waals surface area contributed by atoms with Crippen LogP contribution in [0.15, 0.2) is 53.4 Å². The Hall–Kier alpha value is -1.69. The molecule has 0 aliphatic rings. The first-order valence-electron chi connectivity index (χ1n) is 7.42. The lowest BCUT2D eigenvalue weighted by Gasteiger charge is -2.08. The van der Waals surface area contributed by atoms with Crippen LogP contribution in [0.1, 0.15) is 22.2 Å². The van der Waals surface area contributed by atoms with Gasteiger partial charge in [0, 0.05) is 15.8 Å². The lowest BCUT2D eigenvalue weighted by atomic mass is 10.2. The van der Waals surface area contributed by atoms with Crippen LogP contribution in [0, 0.1) is 0 Å². The summed E-state index contributed by atoms with van der Waals surface area (Å²) in [4.78, 5) is 13.7. The van der Waals surface area contributed by atoms with Gasteiger partial charge in [-0.15, -0.1) is 11.3 Å². The summed E-state index contributed by atoms with van der Waals surface area (Å²) in [5, 5.41) is 1.58. The van der Waals surface area contributed by atoms with E-state index in [1.54, 1.807) is 24.3 Å². The summed E-state index contributed by atoms with van der Waals surface area (Å²) in [7, 11) is -1.21. The van der Waals surface area contributed by atoms with E-state index in [1.807, 2.05) is 31.2 Å². The minimum Gasteiger partial charge on any atom is -0.456 e. The molecule has 0 amide bonds. The smallest absolute Gasteiger partial charge is 0.339 e. The molecule has 3 aromatic rings. The molecular formula is C18H15ClO3S2. The van der Waals surface area contributed by atoms with Crippen molar-refractivity contribution < 1.29 is 13.7 Å². The summed E-state index contributed by atoms with van der Waals surface area (Å²) in [6, 6.07) is 14.6. The van der Waals surface area contributed by atoms with Gasteiger partial charge in [-0.1, -0.05) is 48.9 Å². The predicted octanol–water partition coefficient (Wildman–Crippen LogP) is 5.04. The highest BCUT2D eigenvalue weighted by Crippen LogP contribution is 2.35. The van der Waals surface area contributed by atoms with Gasteiger partial charge in [0.05, 0.1) is 31.2 Å². The van der Waals surface area contributed by atoms with E-state index < -0.39 is 16.8 Å². The molecule has 0 N–H and O–H groups in total. The highest BCUT2D eigenvalue weighted by Gasteiger charge is 2.17. The number of hydrogen-bond donors (Lipinski definition) is 0. The first-order valence-corrected chi connectivity index (χ1v) is 9.93. The summed E-state index contributed by atoms with van der Waals surface area (Å²) in [5.74, 6) is -0.0344. The molecule has 2 aromatic carbocycles. The molecule has 0 aliphatic heterocycles. The number of hydrogen-bond acceptors (Lipinski definition) is 4. The monoisotopic (exact) mass is 378 g/mol. The van der Waals surface area contributed by atoms with Crippen molar-refractivity contribution in [2.45, 2.75) is 18.4 Å². The van der Waals surface area contributed by atoms with Crippen molar-refractivity contribution in [3.8, 4) is 0 Å². The average molecular weight is 379 g/mol. The molecule has 1 heterocycles. The molecule has 3 rings (SSSR count). The Morgan fingerprint density at radius 1 is 1.17 bits per heavy atom. The number of ether oxygens (including phenoxy) is 1. The van der Waals surface area contributed by atoms with Gasteiger partial charge in [-0.25, -0.2) is 4.79 Å². The molecule has 3 nitrogen and oxygen atoms in total. The number of carbonyl (C=O) groups excluding carboxylic acids is 1. The fourth-order valence-corrected chi connectivity index (χ4v) is 4.69. The number of esters is 1. The van der Waals surface area contributed by atoms with E-state index in [9.17, 15) is 9.00 Å². The van der Waals surface area contributed by atoms with Gasteiger partial charge in [0.15, 0.2) is 0 Å². The molecule has 1 aromatic heterocycles. The first kappa shape index (κ1) is 17.1. The second-order valence-electron chi connectivity index (χ2n) is 5.04. The number of fused-ring (bicyclic) bond motifs is 1. The van der Waals surface area contributed by atoms with Crippen LogP contribution in [0.2, 0.25) is 5.02 Å². The van der Waals surface area contributed by atoms with Gasteiger partial charge < -0.3 is 4.74 Å². The number of thiophene rings is 1. The van der Waals surface area contributed by atoms with Crippen molar-refractivity contribution in [2.75, 3.05) is 5.75 Å². The van der Waals surface area contributed by atoms with Gasteiger partial charge in [0.2, 0.25) is 0 Å². The molecule has 1 atom stereocenters. The first-order chi connectivity index (χ1) is 11.6. The lowest BCUT2D eigenvalue weighted by Crippen LogP contribution is -2.09. The summed E-state index contributed by atoms with van der Waals surface area (Å²) in [5.41, 5.74) is 0.343. The van der Waals surface area contributed by atoms with E-state index in [1.165, 1.54) is 11.3 Å². The molecule has 1 unspecified atom stereocenters. The Bertz CT molecular complexity index is 918. The number of benzene rings is 2. The molecule has 6 heteroatoms. The van der Waals surface area contributed by atoms with Crippen LogP contribution < -0.4 is 0 Å². The van der Waals surface area contributed by atoms with Gasteiger partial charge in [-0.05, 0) is 18.2 Å². The third-order valence-corrected chi connectivity index (χ3v) is 6.61. The topological polar surface area (TPSA) is 43.4 Å². The Morgan fingerprint density at radius 3 is 2.62 bits per heavy atom. The normalized spacial score (nSPS) is 12.2. The van der Waals surface area contributed by atoms with Crippen LogP contribution in [0.5, 0.6) is 0 Å². The van der Waals surface area contributed by atoms with Crippen LogP contribution in [-0.2, 0) is 22.1 Å². The van der Waals surface area contributed by atoms with Crippen LogP contribution >= 0.6 is 22.9 Å². The van der Waals surface area contributed by atoms with E-state index in [2.05, 4.69) is 0 Å². The van der Waals surface area contributed by atoms with E-state index in [0.29, 0.717) is 21.2 Å². The van der Waals surface area contributed by atoms with Gasteiger partial charge in [-0.2, -0.15) is 0 Å². The zero-order valence-corrected chi connectivity index (χ0v) is 15.3. The maximum atomic E-state index is 12.4. The van der Waals surface area contributed by atoms with Crippen LogP contribution in [-0.4, -0.2) is 15.9 Å². The minimum absolute atomic E-state index is 0.101. The number of halogens is 1. The number of carbonyl (C=O) groups is 1. The van der Waals surface area contributed by atoms with E-state index in [0.717, 1.165) is 15.0 Å². The SMILES string of the molecule is CCS(=O)c1ccccc1C(=O)OCc1sc2ccccc2c1Cl. The highest BCUT2D eigenvalue weighted by atomic mass is 35.5. The molecule has 0 saturated carbocycles. The van der Waals surface area contributed by atoms with E-state index in [4.69, 9.17) is 16.3 Å². The Morgan fingerprint density at radius 2 is 1.88 bits per heavy atom. The number of rotatable bonds is 5. The summed E-state index contributed by atoms with van der Waals surface area (Å²) < 4.78 is 18.5. The van der Waals surface area contributed by atoms with E-state index in [-0.39, 0.29) is 6.61 Å². The molecule has 0 spiro atoms. The summed E-state index contributed by atoms with van der Waals surface area (Å²) >= 11 is 7.87. The van der Waals surface area contributed by atoms with E-state index >= 15 is 0 Å². The summed E-state index contributed by atoms with van der Waals surface area (Å²) in [6.07, 6.45) is 0. The molecule has 0 saturated heterocycles. The van der Waals surface area contributed by atoms with Gasteiger partial charge in [0.1, 0.15) is 6.61 Å². The molecular weight excluding hydrogens is 364 g/mol. The van der Waals surface area contributed by atoms with Crippen molar-refractivity contribution >= 4 is 49.8 Å². The Labute approximate surface area is 151 Å². The average Bonchev–Trinajstić information content (AvgIpc) is 2.95. The Kier molecular flexibility index (Phi) is 5.33. The van der Waals surface area contributed by atoms with Gasteiger partial charge in [-0.3, -0.25) is 4.21 Å². The van der Waals surface area contributed by atoms with Crippen molar-refractivity contribution in [2.24, 2.45) is 0 Å². The molecule has 0 fully saturated rings. The summed E-state index contributed by atoms with van der Waals surface area (Å²) in [6.45, 7) is 1.92. The zero-order valence-electron chi connectivity index (χ0n) is 13.0. The molecule has 0 aliphatic carbocycles. The second kappa shape index (κ2) is 7.47. The van der Waals surface area contributed by atoms with Crippen molar-refractivity contribution in [3.63, 3.8) is 0 Å². The lowest BCUT2D eigenvalue weighted by molar-refractivity contribution is 0.0472.